The molecule has 3 N–H and O–H groups in total. The molecule has 0 atom stereocenters. The van der Waals surface area contributed by atoms with Gasteiger partial charge in [-0.2, -0.15) is 0 Å². The predicted octanol–water partition coefficient (Wildman–Crippen LogP) is 0.212. The molecule has 1 aliphatic carbocycles. The molecule has 0 spiro atoms. The van der Waals surface area contributed by atoms with Crippen molar-refractivity contribution < 1.29 is 13.2 Å². The molecule has 0 aromatic carbocycles. The summed E-state index contributed by atoms with van der Waals surface area (Å²) < 4.78 is 30.3. The van der Waals surface area contributed by atoms with Crippen LogP contribution in [0.15, 0.2) is 0 Å². The molecule has 1 fully saturated rings. The van der Waals surface area contributed by atoms with Gasteiger partial charge in [-0.05, 0) is 32.6 Å². The third kappa shape index (κ3) is 5.25. The highest BCUT2D eigenvalue weighted by Crippen LogP contribution is 2.19. The van der Waals surface area contributed by atoms with Crippen LogP contribution in [0, 0.1) is 0 Å². The largest absolute Gasteiger partial charge is 0.377 e. The zero-order valence-electron chi connectivity index (χ0n) is 9.81. The number of ether oxygens (including phenoxy) is 1. The van der Waals surface area contributed by atoms with Gasteiger partial charge < -0.3 is 10.5 Å². The Labute approximate surface area is 97.8 Å². The Bertz CT molecular complexity index is 284. The highest BCUT2D eigenvalue weighted by atomic mass is 32.2. The first kappa shape index (κ1) is 13.9. The monoisotopic (exact) mass is 250 g/mol. The second-order valence-corrected chi connectivity index (χ2v) is 6.30. The van der Waals surface area contributed by atoms with Crippen LogP contribution in [0.2, 0.25) is 0 Å². The molecule has 6 heteroatoms. The van der Waals surface area contributed by atoms with Crippen molar-refractivity contribution in [3.8, 4) is 0 Å². The summed E-state index contributed by atoms with van der Waals surface area (Å²) in [5.74, 6) is 0.116. The first-order valence-electron chi connectivity index (χ1n) is 5.88. The maximum Gasteiger partial charge on any atom is 0.211 e. The van der Waals surface area contributed by atoms with Crippen LogP contribution in [0.25, 0.3) is 0 Å². The van der Waals surface area contributed by atoms with Crippen LogP contribution >= 0.6 is 0 Å². The molecule has 0 aliphatic heterocycles. The normalized spacial score (nSPS) is 26.9. The van der Waals surface area contributed by atoms with Gasteiger partial charge in [0.15, 0.2) is 0 Å². The maximum atomic E-state index is 11.1. The number of hydrogen-bond donors (Lipinski definition) is 2. The van der Waals surface area contributed by atoms with E-state index in [-0.39, 0.29) is 11.9 Å². The fraction of sp³-hybridized carbons (Fsp3) is 1.00. The van der Waals surface area contributed by atoms with Crippen molar-refractivity contribution in [1.82, 2.24) is 4.72 Å². The summed E-state index contributed by atoms with van der Waals surface area (Å²) in [5.41, 5.74) is 5.78. The van der Waals surface area contributed by atoms with Gasteiger partial charge in [-0.1, -0.05) is 0 Å². The van der Waals surface area contributed by atoms with E-state index in [0.717, 1.165) is 25.7 Å². The Balaban J connectivity index is 2.08. The minimum Gasteiger partial charge on any atom is -0.377 e. The molecule has 16 heavy (non-hydrogen) atoms. The molecule has 5 nitrogen and oxygen atoms in total. The van der Waals surface area contributed by atoms with Gasteiger partial charge in [0.25, 0.3) is 0 Å². The van der Waals surface area contributed by atoms with E-state index < -0.39 is 10.0 Å². The van der Waals surface area contributed by atoms with Crippen LogP contribution < -0.4 is 10.5 Å². The number of nitrogens with one attached hydrogen (secondary N) is 1. The molecular weight excluding hydrogens is 228 g/mol. The van der Waals surface area contributed by atoms with Gasteiger partial charge in [-0.25, -0.2) is 13.1 Å². The van der Waals surface area contributed by atoms with Crippen LogP contribution in [0.4, 0.5) is 0 Å². The molecule has 1 rings (SSSR count). The Kier molecular flexibility index (Phi) is 5.68. The van der Waals surface area contributed by atoms with Gasteiger partial charge in [0.2, 0.25) is 10.0 Å². The average Bonchev–Trinajstić information content (AvgIpc) is 2.27. The van der Waals surface area contributed by atoms with Gasteiger partial charge in [0.1, 0.15) is 0 Å². The van der Waals surface area contributed by atoms with Crippen molar-refractivity contribution in [2.24, 2.45) is 5.73 Å². The summed E-state index contributed by atoms with van der Waals surface area (Å²) in [6.07, 6.45) is 4.24. The second kappa shape index (κ2) is 6.54. The Morgan fingerprint density at radius 3 is 2.50 bits per heavy atom. The number of nitrogens with two attached hydrogens (primary N) is 1. The van der Waals surface area contributed by atoms with E-state index in [1.54, 1.807) is 6.92 Å². The van der Waals surface area contributed by atoms with Crippen LogP contribution in [-0.2, 0) is 14.8 Å². The minimum atomic E-state index is -3.08. The quantitative estimate of drug-likeness (QED) is 0.660. The molecule has 96 valence electrons. The fourth-order valence-electron chi connectivity index (χ4n) is 1.78. The SMILES string of the molecule is CCS(=O)(=O)NCCOC1CCC(N)CC1. The highest BCUT2D eigenvalue weighted by Gasteiger charge is 2.18. The van der Waals surface area contributed by atoms with Crippen molar-refractivity contribution in [3.05, 3.63) is 0 Å². The molecule has 0 heterocycles. The summed E-state index contributed by atoms with van der Waals surface area (Å²) >= 11 is 0. The molecule has 1 aliphatic rings. The Morgan fingerprint density at radius 2 is 1.94 bits per heavy atom. The fourth-order valence-corrected chi connectivity index (χ4v) is 2.38. The summed E-state index contributed by atoms with van der Waals surface area (Å²) in [4.78, 5) is 0. The number of sulfonamides is 1. The van der Waals surface area contributed by atoms with E-state index in [9.17, 15) is 8.42 Å². The third-order valence-electron chi connectivity index (χ3n) is 2.88. The van der Waals surface area contributed by atoms with Crippen molar-refractivity contribution in [1.29, 1.82) is 0 Å². The summed E-state index contributed by atoms with van der Waals surface area (Å²) in [5, 5.41) is 0. The lowest BCUT2D eigenvalue weighted by molar-refractivity contribution is 0.0287. The van der Waals surface area contributed by atoms with Crippen molar-refractivity contribution in [2.75, 3.05) is 18.9 Å². The number of hydrogen-bond acceptors (Lipinski definition) is 4. The van der Waals surface area contributed by atoms with E-state index in [4.69, 9.17) is 10.5 Å². The van der Waals surface area contributed by atoms with E-state index in [0.29, 0.717) is 19.2 Å². The maximum absolute atomic E-state index is 11.1. The van der Waals surface area contributed by atoms with Gasteiger partial charge in [0.05, 0.1) is 18.5 Å². The van der Waals surface area contributed by atoms with E-state index in [1.807, 2.05) is 0 Å². The van der Waals surface area contributed by atoms with Gasteiger partial charge in [0, 0.05) is 12.6 Å². The Hall–Kier alpha value is -0.170. The third-order valence-corrected chi connectivity index (χ3v) is 4.28. The molecule has 1 saturated carbocycles. The first-order valence-corrected chi connectivity index (χ1v) is 7.53. The smallest absolute Gasteiger partial charge is 0.211 e. The average molecular weight is 250 g/mol. The lowest BCUT2D eigenvalue weighted by Gasteiger charge is -2.26. The van der Waals surface area contributed by atoms with Crippen molar-refractivity contribution in [3.63, 3.8) is 0 Å². The minimum absolute atomic E-state index is 0.116. The topological polar surface area (TPSA) is 81.4 Å². The summed E-state index contributed by atoms with van der Waals surface area (Å²) in [7, 11) is -3.08. The van der Waals surface area contributed by atoms with Crippen LogP contribution in [-0.4, -0.2) is 39.5 Å². The van der Waals surface area contributed by atoms with Crippen LogP contribution in [0.1, 0.15) is 32.6 Å². The molecule has 0 aromatic rings. The van der Waals surface area contributed by atoms with Gasteiger partial charge in [-0.3, -0.25) is 0 Å². The van der Waals surface area contributed by atoms with Crippen LogP contribution in [0.5, 0.6) is 0 Å². The van der Waals surface area contributed by atoms with Crippen LogP contribution in [0.3, 0.4) is 0 Å². The zero-order valence-corrected chi connectivity index (χ0v) is 10.6. The molecule has 0 saturated heterocycles. The van der Waals surface area contributed by atoms with E-state index in [1.165, 1.54) is 0 Å². The molecule has 0 aromatic heterocycles. The molecule has 0 radical (unpaired) electrons. The predicted molar refractivity (Wildman–Crippen MR) is 63.6 cm³/mol. The molecular formula is C10H22N2O3S. The Morgan fingerprint density at radius 1 is 1.31 bits per heavy atom. The summed E-state index contributed by atoms with van der Waals surface area (Å²) in [6, 6.07) is 0.318. The number of rotatable bonds is 6. The first-order chi connectivity index (χ1) is 7.53. The second-order valence-electron chi connectivity index (χ2n) is 4.21. The highest BCUT2D eigenvalue weighted by molar-refractivity contribution is 7.89. The van der Waals surface area contributed by atoms with Gasteiger partial charge >= 0.3 is 0 Å². The summed E-state index contributed by atoms with van der Waals surface area (Å²) in [6.45, 7) is 2.42. The zero-order chi connectivity index (χ0) is 12.0. The van der Waals surface area contributed by atoms with E-state index in [2.05, 4.69) is 4.72 Å². The molecule has 0 bridgehead atoms. The van der Waals surface area contributed by atoms with E-state index >= 15 is 0 Å². The van der Waals surface area contributed by atoms with Crippen molar-refractivity contribution >= 4 is 10.0 Å². The van der Waals surface area contributed by atoms with Gasteiger partial charge in [-0.15, -0.1) is 0 Å². The molecule has 0 unspecified atom stereocenters. The van der Waals surface area contributed by atoms with Crippen molar-refractivity contribution in [2.45, 2.75) is 44.8 Å². The lowest BCUT2D eigenvalue weighted by atomic mass is 9.94. The lowest BCUT2D eigenvalue weighted by Crippen LogP contribution is -2.33. The standard InChI is InChI=1S/C10H22N2O3S/c1-2-16(13,14)12-7-8-15-10-5-3-9(11)4-6-10/h9-10,12H,2-8,11H2,1H3. The molecule has 0 amide bonds.